The lowest BCUT2D eigenvalue weighted by atomic mass is 9.66. The zero-order valence-electron chi connectivity index (χ0n) is 20.1. The number of anilines is 2. The second kappa shape index (κ2) is 10.2. The predicted octanol–water partition coefficient (Wildman–Crippen LogP) is 8.24. The molecule has 1 unspecified atom stereocenters. The Labute approximate surface area is 226 Å². The van der Waals surface area contributed by atoms with E-state index in [1.165, 1.54) is 21.9 Å². The van der Waals surface area contributed by atoms with Crippen LogP contribution in [0.5, 0.6) is 5.75 Å². The molecule has 1 aliphatic heterocycles. The van der Waals surface area contributed by atoms with Gasteiger partial charge in [0.1, 0.15) is 11.3 Å². The first-order valence-electron chi connectivity index (χ1n) is 11.8. The first kappa shape index (κ1) is 27.3. The molecular formula is C27H25BrClF3N2O3. The molecule has 3 aromatic carbocycles. The van der Waals surface area contributed by atoms with Gasteiger partial charge in [-0.15, -0.1) is 13.2 Å². The number of aliphatic hydroxyl groups is 1. The summed E-state index contributed by atoms with van der Waals surface area (Å²) >= 11 is 9.43. The maximum Gasteiger partial charge on any atom is 0.573 e. The molecule has 0 bridgehead atoms. The van der Waals surface area contributed by atoms with Gasteiger partial charge in [0.05, 0.1) is 0 Å². The quantitative estimate of drug-likeness (QED) is 0.330. The highest BCUT2D eigenvalue weighted by atomic mass is 79.9. The molecule has 2 amide bonds. The van der Waals surface area contributed by atoms with Gasteiger partial charge in [0.25, 0.3) is 0 Å². The van der Waals surface area contributed by atoms with E-state index in [4.69, 9.17) is 11.6 Å². The van der Waals surface area contributed by atoms with Crippen molar-refractivity contribution in [3.63, 3.8) is 0 Å². The number of rotatable bonds is 4. The molecule has 1 heterocycles. The predicted molar refractivity (Wildman–Crippen MR) is 141 cm³/mol. The lowest BCUT2D eigenvalue weighted by Gasteiger charge is -2.52. The minimum absolute atomic E-state index is 0.117. The number of nitrogens with zero attached hydrogens (tertiary/aromatic N) is 2. The number of amides is 2. The van der Waals surface area contributed by atoms with Crippen molar-refractivity contribution in [2.45, 2.75) is 50.7 Å². The fraction of sp³-hybridized carbons (Fsp3) is 0.296. The van der Waals surface area contributed by atoms with E-state index in [1.54, 1.807) is 48.5 Å². The maximum absolute atomic E-state index is 14.0. The van der Waals surface area contributed by atoms with E-state index in [2.05, 4.69) is 20.7 Å². The van der Waals surface area contributed by atoms with E-state index in [9.17, 15) is 23.1 Å². The summed E-state index contributed by atoms with van der Waals surface area (Å²) in [7, 11) is 0. The summed E-state index contributed by atoms with van der Waals surface area (Å²) in [6.45, 7) is 4.00. The molecule has 196 valence electrons. The van der Waals surface area contributed by atoms with E-state index in [0.29, 0.717) is 29.2 Å². The summed E-state index contributed by atoms with van der Waals surface area (Å²) in [5.41, 5.74) is -2.07. The lowest BCUT2D eigenvalue weighted by molar-refractivity contribution is -0.274. The normalized spacial score (nSPS) is 20.4. The van der Waals surface area contributed by atoms with Gasteiger partial charge in [-0.25, -0.2) is 4.79 Å². The molecule has 0 radical (unpaired) electrons. The lowest BCUT2D eigenvalue weighted by Crippen LogP contribution is -2.63. The smallest absolute Gasteiger partial charge is 0.406 e. The summed E-state index contributed by atoms with van der Waals surface area (Å²) in [6, 6.07) is 18.1. The van der Waals surface area contributed by atoms with Crippen LogP contribution in [0.3, 0.4) is 0 Å². The standard InChI is InChI=1S/C25H19BrClF3N2O3.C2H6/c26-17-5-9-20(10-6-17)32-22(33)31(19-11-7-18(27)8-12-19)23(13-2-14-23)24(32,34)16-3-1-4-21(15-16)35-25(28,29)30;1-2/h1,3-12,15,34H,2,13-14H2;1-2H3. The SMILES string of the molecule is CC.O=C1N(c2ccc(Cl)cc2)C2(CCC2)C(O)(c2cccc(OC(F)(F)F)c2)N1c1ccc(Br)cc1. The fourth-order valence-electron chi connectivity index (χ4n) is 5.01. The van der Waals surface area contributed by atoms with Crippen LogP contribution in [0, 0.1) is 0 Å². The Morgan fingerprint density at radius 2 is 1.51 bits per heavy atom. The topological polar surface area (TPSA) is 53.0 Å². The zero-order valence-corrected chi connectivity index (χ0v) is 22.4. The summed E-state index contributed by atoms with van der Waals surface area (Å²) in [4.78, 5) is 16.8. The van der Waals surface area contributed by atoms with Crippen molar-refractivity contribution in [2.75, 3.05) is 9.80 Å². The summed E-state index contributed by atoms with van der Waals surface area (Å²) in [6.07, 6.45) is -3.29. The Kier molecular flexibility index (Phi) is 7.52. The largest absolute Gasteiger partial charge is 0.573 e. The number of hydrogen-bond acceptors (Lipinski definition) is 3. The third-order valence-corrected chi connectivity index (χ3v) is 7.38. The number of carbonyl (C=O) groups is 1. The molecule has 37 heavy (non-hydrogen) atoms. The third kappa shape index (κ3) is 4.69. The van der Waals surface area contributed by atoms with E-state index in [-0.39, 0.29) is 5.56 Å². The molecule has 1 saturated carbocycles. The number of alkyl halides is 3. The molecule has 1 saturated heterocycles. The van der Waals surface area contributed by atoms with Crippen LogP contribution in [0.25, 0.3) is 0 Å². The van der Waals surface area contributed by atoms with Crippen LogP contribution in [0.2, 0.25) is 5.02 Å². The first-order chi connectivity index (χ1) is 17.5. The Balaban J connectivity index is 0.00000156. The Bertz CT molecular complexity index is 1270. The van der Waals surface area contributed by atoms with Gasteiger partial charge in [-0.05, 0) is 79.9 Å². The minimum atomic E-state index is -4.90. The zero-order chi connectivity index (χ0) is 27.0. The van der Waals surface area contributed by atoms with Crippen molar-refractivity contribution in [1.82, 2.24) is 0 Å². The van der Waals surface area contributed by atoms with Gasteiger partial charge in [0.2, 0.25) is 0 Å². The van der Waals surface area contributed by atoms with Gasteiger partial charge in [0.15, 0.2) is 5.72 Å². The molecule has 1 aliphatic carbocycles. The van der Waals surface area contributed by atoms with E-state index in [1.807, 2.05) is 13.8 Å². The number of benzene rings is 3. The first-order valence-corrected chi connectivity index (χ1v) is 13.0. The second-order valence-corrected chi connectivity index (χ2v) is 9.89. The summed E-state index contributed by atoms with van der Waals surface area (Å²) in [5, 5.41) is 13.0. The van der Waals surface area contributed by atoms with E-state index in [0.717, 1.165) is 23.0 Å². The molecule has 10 heteroatoms. The van der Waals surface area contributed by atoms with Crippen molar-refractivity contribution in [1.29, 1.82) is 0 Å². The number of ether oxygens (including phenoxy) is 1. The number of urea groups is 1. The van der Waals surface area contributed by atoms with Crippen molar-refractivity contribution in [2.24, 2.45) is 0 Å². The van der Waals surface area contributed by atoms with Crippen molar-refractivity contribution < 1.29 is 27.8 Å². The van der Waals surface area contributed by atoms with Gasteiger partial charge in [-0.1, -0.05) is 53.5 Å². The van der Waals surface area contributed by atoms with Gasteiger partial charge in [0, 0.05) is 26.4 Å². The fourth-order valence-corrected chi connectivity index (χ4v) is 5.40. The Morgan fingerprint density at radius 1 is 0.946 bits per heavy atom. The highest BCUT2D eigenvalue weighted by Crippen LogP contribution is 2.59. The molecule has 0 aromatic heterocycles. The average molecular weight is 598 g/mol. The number of halogens is 5. The molecule has 5 nitrogen and oxygen atoms in total. The highest BCUT2D eigenvalue weighted by molar-refractivity contribution is 9.10. The van der Waals surface area contributed by atoms with E-state index >= 15 is 0 Å². The van der Waals surface area contributed by atoms with Gasteiger partial charge in [-0.3, -0.25) is 9.80 Å². The van der Waals surface area contributed by atoms with Gasteiger partial charge < -0.3 is 9.84 Å². The van der Waals surface area contributed by atoms with Crippen LogP contribution >= 0.6 is 27.5 Å². The van der Waals surface area contributed by atoms with Crippen LogP contribution < -0.4 is 14.5 Å². The summed E-state index contributed by atoms with van der Waals surface area (Å²) in [5.74, 6) is -0.481. The monoisotopic (exact) mass is 596 g/mol. The second-order valence-electron chi connectivity index (χ2n) is 8.54. The minimum Gasteiger partial charge on any atom is -0.406 e. The molecule has 1 N–H and O–H groups in total. The molecule has 1 atom stereocenters. The van der Waals surface area contributed by atoms with Crippen LogP contribution in [0.15, 0.2) is 77.3 Å². The third-order valence-electron chi connectivity index (χ3n) is 6.60. The Hall–Kier alpha value is -2.75. The van der Waals surface area contributed by atoms with Crippen molar-refractivity contribution >= 4 is 44.9 Å². The van der Waals surface area contributed by atoms with Gasteiger partial charge >= 0.3 is 12.4 Å². The van der Waals surface area contributed by atoms with Crippen molar-refractivity contribution in [3.8, 4) is 5.75 Å². The molecule has 5 rings (SSSR count). The van der Waals surface area contributed by atoms with Crippen LogP contribution in [0.1, 0.15) is 38.7 Å². The highest BCUT2D eigenvalue weighted by Gasteiger charge is 2.70. The molecule has 3 aromatic rings. The van der Waals surface area contributed by atoms with Crippen LogP contribution in [0.4, 0.5) is 29.3 Å². The van der Waals surface area contributed by atoms with Gasteiger partial charge in [-0.2, -0.15) is 0 Å². The molecule has 2 aliphatic rings. The number of carbonyl (C=O) groups excluding carboxylic acids is 1. The molecular weight excluding hydrogens is 573 g/mol. The van der Waals surface area contributed by atoms with Crippen molar-refractivity contribution in [3.05, 3.63) is 87.9 Å². The summed E-state index contributed by atoms with van der Waals surface area (Å²) < 4.78 is 43.8. The Morgan fingerprint density at radius 3 is 2.05 bits per heavy atom. The molecule has 1 spiro atoms. The maximum atomic E-state index is 14.0. The van der Waals surface area contributed by atoms with Crippen LogP contribution in [-0.2, 0) is 5.72 Å². The van der Waals surface area contributed by atoms with Crippen LogP contribution in [-0.4, -0.2) is 23.0 Å². The molecule has 2 fully saturated rings. The van der Waals surface area contributed by atoms with E-state index < -0.39 is 29.4 Å². The average Bonchev–Trinajstić information content (AvgIpc) is 3.05. The number of hydrogen-bond donors (Lipinski definition) is 1.